The van der Waals surface area contributed by atoms with Gasteiger partial charge in [0.05, 0.1) is 23.7 Å². The first-order chi connectivity index (χ1) is 30.3. The molecule has 0 saturated carbocycles. The molecule has 3 rings (SSSR count). The Balaban J connectivity index is 1.78. The number of nitrogens with one attached hydrogen (secondary N) is 6. The largest absolute Gasteiger partial charge is 0.487 e. The van der Waals surface area contributed by atoms with Crippen molar-refractivity contribution in [3.05, 3.63) is 58.1 Å². The van der Waals surface area contributed by atoms with Crippen LogP contribution in [0.25, 0.3) is 0 Å². The van der Waals surface area contributed by atoms with Crippen LogP contribution in [0.5, 0.6) is 5.75 Å². The molecule has 20 heteroatoms. The van der Waals surface area contributed by atoms with Gasteiger partial charge in [-0.25, -0.2) is 13.1 Å². The van der Waals surface area contributed by atoms with Gasteiger partial charge < -0.3 is 52.3 Å². The molecule has 0 aliphatic carbocycles. The van der Waals surface area contributed by atoms with Crippen molar-refractivity contribution in [3.8, 4) is 5.75 Å². The van der Waals surface area contributed by atoms with E-state index >= 15 is 0 Å². The minimum absolute atomic E-state index is 0.00477. The highest BCUT2D eigenvalue weighted by atomic mass is 32.2. The molecule has 0 spiro atoms. The lowest BCUT2D eigenvalue weighted by Gasteiger charge is -2.29. The number of rotatable bonds is 23. The highest BCUT2D eigenvalue weighted by Crippen LogP contribution is 2.43. The number of hydrogen-bond donors (Lipinski definition) is 8. The minimum Gasteiger partial charge on any atom is -0.487 e. The van der Waals surface area contributed by atoms with Gasteiger partial charge in [0.2, 0.25) is 35.5 Å². The van der Waals surface area contributed by atoms with Gasteiger partial charge in [-0.05, 0) is 96.4 Å². The van der Waals surface area contributed by atoms with Crippen molar-refractivity contribution in [2.45, 2.75) is 135 Å². The molecule has 0 fully saturated rings. The first kappa shape index (κ1) is 54.0. The molecule has 10 N–H and O–H groups in total. The molecule has 2 aromatic carbocycles. The summed E-state index contributed by atoms with van der Waals surface area (Å²) in [6.45, 7) is 17.5. The number of nitrogens with two attached hydrogens (primary N) is 2. The van der Waals surface area contributed by atoms with Crippen molar-refractivity contribution < 1.29 is 46.6 Å². The van der Waals surface area contributed by atoms with E-state index in [1.54, 1.807) is 48.5 Å². The number of amides is 5. The summed E-state index contributed by atoms with van der Waals surface area (Å²) in [7, 11) is -2.72. The zero-order valence-electron chi connectivity index (χ0n) is 39.7. The Hall–Kier alpha value is -5.31. The fourth-order valence-electron chi connectivity index (χ4n) is 7.19. The standard InChI is InChI=1S/C45H71N9O10S/c1-26(2)36(42(59)52-34(24-63-44(6,7)8)41(58)51-33(39(56)48-11)22-30-16-13-12-14-17-30)53-40(57)32(50-35(55)25-62-21-19-46)18-15-20-49-43(47)54-65(60,61)38-28(4)27(3)37-31(29(38)5)23-45(9,10)64-37/h12-14,16-17,26,32-34,36H,15,18-25,46H2,1-11H3,(H,48,56)(H,50,55)(H,51,58)(H,52,59)(H,53,57)(H3,47,49,54). The summed E-state index contributed by atoms with van der Waals surface area (Å²) < 4.78 is 47.1. The van der Waals surface area contributed by atoms with Crippen LogP contribution in [0.1, 0.15) is 89.1 Å². The zero-order chi connectivity index (χ0) is 48.9. The quantitative estimate of drug-likeness (QED) is 0.0442. The predicted octanol–water partition coefficient (Wildman–Crippen LogP) is 1.07. The molecular weight excluding hydrogens is 859 g/mol. The summed E-state index contributed by atoms with van der Waals surface area (Å²) in [5, 5.41) is 13.4. The summed E-state index contributed by atoms with van der Waals surface area (Å²) in [4.78, 5) is 71.8. The monoisotopic (exact) mass is 930 g/mol. The van der Waals surface area contributed by atoms with Gasteiger partial charge in [-0.2, -0.15) is 0 Å². The first-order valence-electron chi connectivity index (χ1n) is 21.8. The zero-order valence-corrected chi connectivity index (χ0v) is 40.5. The molecule has 0 radical (unpaired) electrons. The summed E-state index contributed by atoms with van der Waals surface area (Å²) in [6, 6.07) is 4.46. The second kappa shape index (κ2) is 23.7. The van der Waals surface area contributed by atoms with E-state index in [2.05, 4.69) is 36.3 Å². The lowest BCUT2D eigenvalue weighted by Crippen LogP contribution is -2.60. The molecule has 362 valence electrons. The molecule has 0 saturated heterocycles. The molecule has 1 heterocycles. The Morgan fingerprint density at radius 1 is 0.877 bits per heavy atom. The van der Waals surface area contributed by atoms with E-state index in [0.29, 0.717) is 23.3 Å². The minimum atomic E-state index is -4.17. The van der Waals surface area contributed by atoms with Crippen LogP contribution in [-0.2, 0) is 56.3 Å². The Morgan fingerprint density at radius 2 is 1.51 bits per heavy atom. The average Bonchev–Trinajstić information content (AvgIpc) is 3.56. The topological polar surface area (TPSA) is 284 Å². The van der Waals surface area contributed by atoms with Gasteiger partial charge in [0, 0.05) is 38.5 Å². The number of hydrogen-bond acceptors (Lipinski definition) is 12. The van der Waals surface area contributed by atoms with Gasteiger partial charge in [-0.3, -0.25) is 29.0 Å². The Bertz CT molecular complexity index is 2140. The number of sulfonamides is 1. The smallest absolute Gasteiger partial charge is 0.264 e. The SMILES string of the molecule is CNC(=O)C(Cc1ccccc1)NC(=O)C(COC(C)(C)C)NC(=O)C(NC(=O)C(CCCN=C(N)NS(=O)(=O)c1c(C)c(C)c2c(c1C)CC(C)(C)O2)NC(=O)COCCN)C(C)C. The number of fused-ring (bicyclic) bond motifs is 1. The molecule has 1 aliphatic rings. The third kappa shape index (κ3) is 16.3. The van der Waals surface area contributed by atoms with E-state index in [9.17, 15) is 32.4 Å². The number of aliphatic imine (C=N–C) groups is 1. The molecule has 4 unspecified atom stereocenters. The van der Waals surface area contributed by atoms with Crippen LogP contribution < -0.4 is 47.5 Å². The number of nitrogens with zero attached hydrogens (tertiary/aromatic N) is 1. The predicted molar refractivity (Wildman–Crippen MR) is 247 cm³/mol. The van der Waals surface area contributed by atoms with Crippen LogP contribution in [0.3, 0.4) is 0 Å². The van der Waals surface area contributed by atoms with Crippen molar-refractivity contribution in [3.63, 3.8) is 0 Å². The maximum atomic E-state index is 14.0. The van der Waals surface area contributed by atoms with E-state index in [0.717, 1.165) is 16.7 Å². The fraction of sp³-hybridized carbons (Fsp3) is 0.600. The van der Waals surface area contributed by atoms with Crippen LogP contribution in [0.2, 0.25) is 0 Å². The van der Waals surface area contributed by atoms with Crippen molar-refractivity contribution in [1.82, 2.24) is 31.3 Å². The lowest BCUT2D eigenvalue weighted by molar-refractivity contribution is -0.137. The van der Waals surface area contributed by atoms with Crippen molar-refractivity contribution in [1.29, 1.82) is 0 Å². The number of likely N-dealkylation sites (N-methyl/N-ethyl adjacent to an activating group) is 1. The van der Waals surface area contributed by atoms with E-state index < -0.39 is 87.5 Å². The van der Waals surface area contributed by atoms with Crippen LogP contribution >= 0.6 is 0 Å². The molecule has 65 heavy (non-hydrogen) atoms. The van der Waals surface area contributed by atoms with Crippen molar-refractivity contribution >= 4 is 45.5 Å². The second-order valence-corrected chi connectivity index (χ2v) is 19.7. The summed E-state index contributed by atoms with van der Waals surface area (Å²) >= 11 is 0. The highest BCUT2D eigenvalue weighted by molar-refractivity contribution is 7.90. The van der Waals surface area contributed by atoms with Gasteiger partial charge in [0.15, 0.2) is 0 Å². The maximum Gasteiger partial charge on any atom is 0.264 e. The third-order valence-corrected chi connectivity index (χ3v) is 12.2. The van der Waals surface area contributed by atoms with Crippen LogP contribution in [0.4, 0.5) is 0 Å². The van der Waals surface area contributed by atoms with Gasteiger partial charge in [-0.1, -0.05) is 44.2 Å². The Morgan fingerprint density at radius 3 is 2.11 bits per heavy atom. The van der Waals surface area contributed by atoms with Gasteiger partial charge in [-0.15, -0.1) is 0 Å². The molecule has 0 bridgehead atoms. The van der Waals surface area contributed by atoms with E-state index in [4.69, 9.17) is 25.7 Å². The molecule has 4 atom stereocenters. The van der Waals surface area contributed by atoms with Crippen molar-refractivity contribution in [2.24, 2.45) is 22.4 Å². The second-order valence-electron chi connectivity index (χ2n) is 18.1. The van der Waals surface area contributed by atoms with Gasteiger partial charge in [0.25, 0.3) is 10.0 Å². The van der Waals surface area contributed by atoms with Crippen LogP contribution in [-0.4, -0.2) is 119 Å². The number of guanidine groups is 1. The number of ether oxygens (including phenoxy) is 3. The summed E-state index contributed by atoms with van der Waals surface area (Å²) in [5.74, 6) is -3.38. The number of benzene rings is 2. The lowest BCUT2D eigenvalue weighted by atomic mass is 9.94. The normalized spacial score (nSPS) is 15.4. The van der Waals surface area contributed by atoms with Gasteiger partial charge in [0.1, 0.15) is 42.1 Å². The Kier molecular flexibility index (Phi) is 19.7. The van der Waals surface area contributed by atoms with Crippen LogP contribution in [0, 0.1) is 26.7 Å². The third-order valence-electron chi connectivity index (χ3n) is 10.6. The molecule has 2 aromatic rings. The van der Waals surface area contributed by atoms with Crippen LogP contribution in [0.15, 0.2) is 40.2 Å². The van der Waals surface area contributed by atoms with E-state index in [-0.39, 0.29) is 56.4 Å². The highest BCUT2D eigenvalue weighted by Gasteiger charge is 2.37. The molecule has 19 nitrogen and oxygen atoms in total. The Labute approximate surface area is 383 Å². The maximum absolute atomic E-state index is 14.0. The van der Waals surface area contributed by atoms with E-state index in [1.807, 2.05) is 51.1 Å². The molecule has 0 aromatic heterocycles. The molecule has 5 amide bonds. The molecule has 1 aliphatic heterocycles. The summed E-state index contributed by atoms with van der Waals surface area (Å²) in [6.07, 6.45) is 0.857. The average molecular weight is 930 g/mol. The molecular formula is C45H71N9O10S. The van der Waals surface area contributed by atoms with E-state index in [1.165, 1.54) is 7.05 Å². The van der Waals surface area contributed by atoms with Gasteiger partial charge >= 0.3 is 0 Å². The number of carbonyl (C=O) groups excluding carboxylic acids is 5. The fourth-order valence-corrected chi connectivity index (χ4v) is 8.71. The van der Waals surface area contributed by atoms with Crippen molar-refractivity contribution in [2.75, 3.05) is 40.0 Å². The first-order valence-corrected chi connectivity index (χ1v) is 23.3. The summed E-state index contributed by atoms with van der Waals surface area (Å²) in [5.41, 5.74) is 13.8. The number of carbonyl (C=O) groups is 5.